The standard InChI is InChI=1S/C30H24B2F4N2/c33-23-9-1-5-19(15-23)27(20-6-2-10-24(34)16-20)29(37)31-13-14-32-30(38)28(21-7-3-11-25(35)17-21)22-8-4-12-26(36)18-22/h1-12,15-18,27-28,37-38H,13-14H2. The van der Waals surface area contributed by atoms with Crippen LogP contribution >= 0.6 is 0 Å². The molecule has 0 aliphatic carbocycles. The van der Waals surface area contributed by atoms with Crippen LogP contribution in [0.15, 0.2) is 97.1 Å². The van der Waals surface area contributed by atoms with Gasteiger partial charge in [-0.05, 0) is 82.0 Å². The van der Waals surface area contributed by atoms with Crippen molar-refractivity contribution < 1.29 is 17.6 Å². The van der Waals surface area contributed by atoms with Crippen LogP contribution in [0, 0.1) is 34.1 Å². The molecule has 0 heterocycles. The van der Waals surface area contributed by atoms with Crippen molar-refractivity contribution in [2.45, 2.75) is 24.5 Å². The summed E-state index contributed by atoms with van der Waals surface area (Å²) in [4.78, 5) is 0. The van der Waals surface area contributed by atoms with Crippen LogP contribution in [-0.2, 0) is 0 Å². The molecular formula is C30H24B2F4N2. The Morgan fingerprint density at radius 2 is 0.763 bits per heavy atom. The van der Waals surface area contributed by atoms with Crippen LogP contribution in [0.4, 0.5) is 17.6 Å². The fourth-order valence-electron chi connectivity index (χ4n) is 4.56. The molecule has 0 spiro atoms. The summed E-state index contributed by atoms with van der Waals surface area (Å²) >= 11 is 0. The van der Waals surface area contributed by atoms with Crippen molar-refractivity contribution >= 4 is 25.8 Å². The summed E-state index contributed by atoms with van der Waals surface area (Å²) in [7, 11) is 3.34. The zero-order chi connectivity index (χ0) is 27.1. The molecule has 0 saturated carbocycles. The second-order valence-corrected chi connectivity index (χ2v) is 8.98. The first-order valence-electron chi connectivity index (χ1n) is 12.2. The Bertz CT molecular complexity index is 1240. The summed E-state index contributed by atoms with van der Waals surface area (Å²) in [5.74, 6) is -3.10. The number of benzene rings is 4. The highest BCUT2D eigenvalue weighted by molar-refractivity contribution is 6.80. The highest BCUT2D eigenvalue weighted by Crippen LogP contribution is 2.29. The van der Waals surface area contributed by atoms with Crippen molar-refractivity contribution in [3.63, 3.8) is 0 Å². The third kappa shape index (κ3) is 6.88. The number of nitrogens with one attached hydrogen (secondary N) is 2. The lowest BCUT2D eigenvalue weighted by atomic mass is 9.53. The van der Waals surface area contributed by atoms with Gasteiger partial charge in [-0.2, -0.15) is 0 Å². The molecule has 2 nitrogen and oxygen atoms in total. The maximum absolute atomic E-state index is 14.0. The summed E-state index contributed by atoms with van der Waals surface area (Å²) in [6.45, 7) is 0. The van der Waals surface area contributed by atoms with Gasteiger partial charge in [0.25, 0.3) is 0 Å². The van der Waals surface area contributed by atoms with E-state index in [1.54, 1.807) is 63.1 Å². The van der Waals surface area contributed by atoms with Gasteiger partial charge in [-0.25, -0.2) is 17.6 Å². The number of hydrogen-bond acceptors (Lipinski definition) is 2. The molecule has 0 unspecified atom stereocenters. The van der Waals surface area contributed by atoms with Crippen LogP contribution in [0.5, 0.6) is 0 Å². The minimum absolute atomic E-state index is 0.174. The van der Waals surface area contributed by atoms with Crippen LogP contribution in [0.1, 0.15) is 34.1 Å². The number of hydrogen-bond donors (Lipinski definition) is 2. The van der Waals surface area contributed by atoms with Gasteiger partial charge in [-0.1, -0.05) is 61.2 Å². The molecule has 0 bridgehead atoms. The molecule has 38 heavy (non-hydrogen) atoms. The van der Waals surface area contributed by atoms with Crippen LogP contribution in [0.25, 0.3) is 0 Å². The Labute approximate surface area is 221 Å². The molecule has 4 rings (SSSR count). The predicted octanol–water partition coefficient (Wildman–Crippen LogP) is 7.41. The van der Waals surface area contributed by atoms with Crippen molar-refractivity contribution in [3.05, 3.63) is 143 Å². The van der Waals surface area contributed by atoms with Gasteiger partial charge in [-0.3, -0.25) is 0 Å². The first kappa shape index (κ1) is 27.1. The van der Waals surface area contributed by atoms with Crippen LogP contribution in [-0.4, -0.2) is 25.8 Å². The van der Waals surface area contributed by atoms with Gasteiger partial charge in [0, 0.05) is 11.8 Å². The average Bonchev–Trinajstić information content (AvgIpc) is 2.87. The molecule has 2 N–H and O–H groups in total. The molecular weight excluding hydrogens is 486 g/mol. The minimum atomic E-state index is -0.659. The van der Waals surface area contributed by atoms with Gasteiger partial charge in [0.15, 0.2) is 14.6 Å². The Balaban J connectivity index is 1.46. The van der Waals surface area contributed by atoms with E-state index in [0.29, 0.717) is 34.9 Å². The van der Waals surface area contributed by atoms with Gasteiger partial charge >= 0.3 is 0 Å². The van der Waals surface area contributed by atoms with E-state index in [1.165, 1.54) is 48.5 Å². The zero-order valence-electron chi connectivity index (χ0n) is 20.5. The third-order valence-corrected chi connectivity index (χ3v) is 6.25. The molecule has 0 fully saturated rings. The van der Waals surface area contributed by atoms with E-state index in [0.717, 1.165) is 0 Å². The van der Waals surface area contributed by atoms with Crippen LogP contribution in [0.3, 0.4) is 0 Å². The molecule has 0 amide bonds. The van der Waals surface area contributed by atoms with Gasteiger partial charge < -0.3 is 10.8 Å². The fourth-order valence-corrected chi connectivity index (χ4v) is 4.56. The van der Waals surface area contributed by atoms with E-state index in [4.69, 9.17) is 10.8 Å². The van der Waals surface area contributed by atoms with Crippen molar-refractivity contribution in [2.75, 3.05) is 0 Å². The molecule has 0 atom stereocenters. The minimum Gasteiger partial charge on any atom is -0.319 e. The van der Waals surface area contributed by atoms with Crippen LogP contribution < -0.4 is 0 Å². The smallest absolute Gasteiger partial charge is 0.171 e. The van der Waals surface area contributed by atoms with E-state index >= 15 is 0 Å². The third-order valence-electron chi connectivity index (χ3n) is 6.25. The number of halogens is 4. The lowest BCUT2D eigenvalue weighted by Crippen LogP contribution is -2.23. The Hall–Kier alpha value is -3.93. The zero-order valence-corrected chi connectivity index (χ0v) is 20.5. The molecule has 2 radical (unpaired) electrons. The van der Waals surface area contributed by atoms with Crippen molar-refractivity contribution in [1.82, 2.24) is 0 Å². The monoisotopic (exact) mass is 510 g/mol. The SMILES string of the molecule is N=C([B]CC[B]C(=N)C(c1cccc(F)c1)c1cccc(F)c1)C(c1cccc(F)c1)c1cccc(F)c1. The molecule has 0 aromatic heterocycles. The quantitative estimate of drug-likeness (QED) is 0.0915. The molecule has 0 aliphatic heterocycles. The van der Waals surface area contributed by atoms with E-state index < -0.39 is 35.1 Å². The summed E-state index contributed by atoms with van der Waals surface area (Å²) in [5, 5.41) is 17.4. The number of rotatable bonds is 11. The summed E-state index contributed by atoms with van der Waals surface area (Å²) in [5.41, 5.74) is 2.48. The maximum atomic E-state index is 14.0. The predicted molar refractivity (Wildman–Crippen MR) is 146 cm³/mol. The molecule has 8 heteroatoms. The Morgan fingerprint density at radius 1 is 0.500 bits per heavy atom. The first-order chi connectivity index (χ1) is 18.3. The van der Waals surface area contributed by atoms with E-state index in [2.05, 4.69) is 0 Å². The second-order valence-electron chi connectivity index (χ2n) is 8.98. The fraction of sp³-hybridized carbons (Fsp3) is 0.133. The Morgan fingerprint density at radius 3 is 1.00 bits per heavy atom. The van der Waals surface area contributed by atoms with Gasteiger partial charge in [-0.15, -0.1) is 0 Å². The summed E-state index contributed by atoms with van der Waals surface area (Å²) in [6, 6.07) is 23.6. The topological polar surface area (TPSA) is 47.7 Å². The van der Waals surface area contributed by atoms with Crippen LogP contribution in [0.2, 0.25) is 12.6 Å². The first-order valence-corrected chi connectivity index (χ1v) is 12.2. The van der Waals surface area contributed by atoms with E-state index in [-0.39, 0.29) is 11.2 Å². The molecule has 0 saturated heterocycles. The van der Waals surface area contributed by atoms with Crippen molar-refractivity contribution in [3.8, 4) is 0 Å². The van der Waals surface area contributed by atoms with Crippen molar-refractivity contribution in [2.24, 2.45) is 0 Å². The molecule has 0 aliphatic rings. The maximum Gasteiger partial charge on any atom is 0.171 e. The summed E-state index contributed by atoms with van der Waals surface area (Å²) in [6.07, 6.45) is 0.780. The second kappa shape index (κ2) is 12.5. The molecule has 4 aromatic rings. The highest BCUT2D eigenvalue weighted by Gasteiger charge is 2.23. The highest BCUT2D eigenvalue weighted by atomic mass is 19.1. The normalized spacial score (nSPS) is 11.0. The Kier molecular flexibility index (Phi) is 8.95. The largest absolute Gasteiger partial charge is 0.319 e. The lowest BCUT2D eigenvalue weighted by molar-refractivity contribution is 0.622. The molecule has 4 aromatic carbocycles. The molecule has 188 valence electrons. The van der Waals surface area contributed by atoms with E-state index in [9.17, 15) is 17.6 Å². The summed E-state index contributed by atoms with van der Waals surface area (Å²) < 4.78 is 55.8. The van der Waals surface area contributed by atoms with Gasteiger partial charge in [0.1, 0.15) is 23.3 Å². The average molecular weight is 510 g/mol. The van der Waals surface area contributed by atoms with Crippen molar-refractivity contribution in [1.29, 1.82) is 10.8 Å². The van der Waals surface area contributed by atoms with Gasteiger partial charge in [0.05, 0.1) is 0 Å². The van der Waals surface area contributed by atoms with E-state index in [1.807, 2.05) is 0 Å². The lowest BCUT2D eigenvalue weighted by Gasteiger charge is -2.21. The van der Waals surface area contributed by atoms with Gasteiger partial charge in [0.2, 0.25) is 0 Å².